The van der Waals surface area contributed by atoms with E-state index in [0.717, 1.165) is 43.4 Å². The van der Waals surface area contributed by atoms with E-state index >= 15 is 0 Å². The molecule has 2 aromatic rings. The van der Waals surface area contributed by atoms with Crippen LogP contribution < -0.4 is 18.9 Å². The van der Waals surface area contributed by atoms with Gasteiger partial charge in [0.15, 0.2) is 0 Å². The van der Waals surface area contributed by atoms with E-state index in [9.17, 15) is 45.5 Å². The van der Waals surface area contributed by atoms with E-state index in [1.165, 1.54) is 99.9 Å². The summed E-state index contributed by atoms with van der Waals surface area (Å²) in [5.41, 5.74) is 0.530. The highest BCUT2D eigenvalue weighted by atomic mass is 19.4. The smallest absolute Gasteiger partial charge is 0.399 e. The molecule has 0 bridgehead atoms. The molecule has 2 fully saturated rings. The molecule has 0 saturated heterocycles. The Morgan fingerprint density at radius 2 is 0.778 bits per heavy atom. The number of hydrogen-bond donors (Lipinski definition) is 0. The Morgan fingerprint density at radius 3 is 1.08 bits per heavy atom. The lowest BCUT2D eigenvalue weighted by molar-refractivity contribution is -0.175. The van der Waals surface area contributed by atoms with Gasteiger partial charge in [-0.2, -0.15) is 26.3 Å². The molecule has 0 aliphatic heterocycles. The zero-order valence-corrected chi connectivity index (χ0v) is 44.1. The van der Waals surface area contributed by atoms with Gasteiger partial charge in [-0.1, -0.05) is 66.9 Å². The lowest BCUT2D eigenvalue weighted by atomic mass is 9.82. The largest absolute Gasteiger partial charge is 0.488 e. The highest BCUT2D eigenvalue weighted by Gasteiger charge is 2.39. The molecular weight excluding hydrogens is 947 g/mol. The molecule has 16 heteroatoms. The van der Waals surface area contributed by atoms with Crippen molar-refractivity contribution < 1.29 is 73.9 Å². The number of carbonyl (C=O) groups excluding carboxylic acids is 4. The van der Waals surface area contributed by atoms with Gasteiger partial charge in [0.1, 0.15) is 58.6 Å². The van der Waals surface area contributed by atoms with E-state index < -0.39 is 48.5 Å². The predicted octanol–water partition coefficient (Wildman–Crippen LogP) is 16.2. The Balaban J connectivity index is 0.000000487. The number of ether oxygens (including phenoxy) is 6. The van der Waals surface area contributed by atoms with Gasteiger partial charge in [-0.25, -0.2) is 0 Å². The molecule has 0 unspecified atom stereocenters. The maximum absolute atomic E-state index is 12.1. The summed E-state index contributed by atoms with van der Waals surface area (Å²) >= 11 is 0. The van der Waals surface area contributed by atoms with E-state index in [2.05, 4.69) is 49.6 Å². The molecule has 2 aromatic carbocycles. The molecule has 0 spiro atoms. The van der Waals surface area contributed by atoms with Gasteiger partial charge in [0.05, 0.1) is 10.8 Å². The first-order valence-electron chi connectivity index (χ1n) is 24.5. The molecule has 0 radical (unpaired) electrons. The van der Waals surface area contributed by atoms with Gasteiger partial charge < -0.3 is 28.4 Å². The maximum Gasteiger partial charge on any atom is 0.399 e. The SMILES string of the molecule is C=C(C)C(=C)OC1(CC)CCCCC1.C=C(C)C(=C)Oc1ccc(OC(=O)CC(F)(F)F)cc1.CCC(C)(C)C(=O)Oc1ccc(OC(=O)CC(F)(F)F)cc1.CCC1(OC(=O)C(C)(C)CC)CCCCC1. The molecule has 0 N–H and O–H groups in total. The van der Waals surface area contributed by atoms with Crippen molar-refractivity contribution in [3.05, 3.63) is 97.5 Å². The minimum Gasteiger partial charge on any atom is -0.488 e. The normalized spacial score (nSPS) is 15.1. The van der Waals surface area contributed by atoms with Crippen LogP contribution in [0.3, 0.4) is 0 Å². The molecular formula is C56H78F6O10. The standard InChI is InChI=1S/C15H17F3O4.C14H13F3O3.C14H26O2.C13H22O/c1-4-14(2,3)13(20)22-11-7-5-10(6-8-11)21-12(19)9-15(16,17)18;1-9(2)10(3)19-11-4-6-12(7-5-11)20-13(18)8-14(15,16)17;1-5-13(3,4)12(15)16-14(6-2)10-8-7-9-11-14;1-5-13(9-7-6-8-10-13)14-12(4)11(2)3/h5-8H,4,9H2,1-3H3;4-7H,1,3,8H2,2H3;5-11H2,1-4H3;2,4-10H2,1,3H3. The quantitative estimate of drug-likeness (QED) is 0.0469. The van der Waals surface area contributed by atoms with Crippen LogP contribution in [0.1, 0.15) is 172 Å². The summed E-state index contributed by atoms with van der Waals surface area (Å²) < 4.78 is 103. The fourth-order valence-corrected chi connectivity index (χ4v) is 6.71. The molecule has 10 nitrogen and oxygen atoms in total. The lowest BCUT2D eigenvalue weighted by Crippen LogP contribution is -2.40. The Kier molecular flexibility index (Phi) is 26.2. The third-order valence-electron chi connectivity index (χ3n) is 12.5. The van der Waals surface area contributed by atoms with Crippen LogP contribution in [0.2, 0.25) is 0 Å². The summed E-state index contributed by atoms with van der Waals surface area (Å²) in [6.45, 7) is 34.4. The minimum atomic E-state index is -4.61. The molecule has 0 amide bonds. The van der Waals surface area contributed by atoms with Crippen LogP contribution in [0, 0.1) is 10.8 Å². The van der Waals surface area contributed by atoms with Gasteiger partial charge in [0.2, 0.25) is 0 Å². The number of allylic oxidation sites excluding steroid dienone is 2. The van der Waals surface area contributed by atoms with Crippen molar-refractivity contribution in [2.24, 2.45) is 10.8 Å². The average Bonchev–Trinajstić information content (AvgIpc) is 3.30. The summed E-state index contributed by atoms with van der Waals surface area (Å²) in [5.74, 6) is -1.47. The van der Waals surface area contributed by atoms with Crippen LogP contribution in [-0.2, 0) is 28.7 Å². The van der Waals surface area contributed by atoms with E-state index in [-0.39, 0.29) is 39.8 Å². The molecule has 0 atom stereocenters. The van der Waals surface area contributed by atoms with Crippen LogP contribution in [-0.4, -0.2) is 47.4 Å². The summed E-state index contributed by atoms with van der Waals surface area (Å²) in [4.78, 5) is 46.0. The number of benzene rings is 2. The van der Waals surface area contributed by atoms with Crippen LogP contribution in [0.15, 0.2) is 97.5 Å². The topological polar surface area (TPSA) is 124 Å². The van der Waals surface area contributed by atoms with Crippen LogP contribution in [0.4, 0.5) is 26.3 Å². The molecule has 0 aromatic heterocycles. The zero-order chi connectivity index (χ0) is 55.1. The van der Waals surface area contributed by atoms with Gasteiger partial charge in [0.25, 0.3) is 0 Å². The number of esters is 4. The second-order valence-electron chi connectivity index (χ2n) is 19.5. The van der Waals surface area contributed by atoms with Crippen LogP contribution >= 0.6 is 0 Å². The number of halogens is 6. The first-order chi connectivity index (χ1) is 33.3. The van der Waals surface area contributed by atoms with E-state index in [1.807, 2.05) is 34.6 Å². The molecule has 2 saturated carbocycles. The molecule has 72 heavy (non-hydrogen) atoms. The van der Waals surface area contributed by atoms with E-state index in [4.69, 9.17) is 18.9 Å². The summed E-state index contributed by atoms with van der Waals surface area (Å²) in [6.07, 6.45) is 3.07. The van der Waals surface area contributed by atoms with Gasteiger partial charge >= 0.3 is 36.2 Å². The molecule has 4 rings (SSSR count). The fraction of sp³-hybridized carbons (Fsp3) is 0.571. The summed E-state index contributed by atoms with van der Waals surface area (Å²) in [6, 6.07) is 10.8. The number of carbonyl (C=O) groups is 4. The third-order valence-corrected chi connectivity index (χ3v) is 12.5. The number of hydrogen-bond acceptors (Lipinski definition) is 10. The highest BCUT2D eigenvalue weighted by molar-refractivity contribution is 5.78. The van der Waals surface area contributed by atoms with Crippen molar-refractivity contribution >= 4 is 23.9 Å². The number of rotatable bonds is 18. The molecule has 2 aliphatic rings. The van der Waals surface area contributed by atoms with E-state index in [1.54, 1.807) is 20.8 Å². The Morgan fingerprint density at radius 1 is 0.472 bits per heavy atom. The van der Waals surface area contributed by atoms with Gasteiger partial charge in [0, 0.05) is 0 Å². The van der Waals surface area contributed by atoms with Gasteiger partial charge in [-0.3, -0.25) is 19.2 Å². The van der Waals surface area contributed by atoms with Crippen molar-refractivity contribution in [2.45, 2.75) is 196 Å². The van der Waals surface area contributed by atoms with Crippen molar-refractivity contribution in [1.82, 2.24) is 0 Å². The maximum atomic E-state index is 12.1. The molecule has 0 heterocycles. The Bertz CT molecular complexity index is 2090. The van der Waals surface area contributed by atoms with Crippen LogP contribution in [0.25, 0.3) is 0 Å². The second kappa shape index (κ2) is 29.2. The number of alkyl halides is 6. The van der Waals surface area contributed by atoms with Crippen molar-refractivity contribution in [2.75, 3.05) is 0 Å². The molecule has 404 valence electrons. The Hall–Kier alpha value is -5.54. The highest BCUT2D eigenvalue weighted by Crippen LogP contribution is 2.38. The van der Waals surface area contributed by atoms with E-state index in [0.29, 0.717) is 23.5 Å². The van der Waals surface area contributed by atoms with Crippen molar-refractivity contribution in [3.8, 4) is 23.0 Å². The zero-order valence-electron chi connectivity index (χ0n) is 44.1. The fourth-order valence-electron chi connectivity index (χ4n) is 6.71. The minimum absolute atomic E-state index is 0.00698. The predicted molar refractivity (Wildman–Crippen MR) is 267 cm³/mol. The molecule has 2 aliphatic carbocycles. The first-order valence-corrected chi connectivity index (χ1v) is 24.5. The second-order valence-corrected chi connectivity index (χ2v) is 19.5. The monoisotopic (exact) mass is 1020 g/mol. The lowest BCUT2D eigenvalue weighted by Gasteiger charge is -2.38. The first kappa shape index (κ1) is 64.5. The summed E-state index contributed by atoms with van der Waals surface area (Å²) in [7, 11) is 0. The van der Waals surface area contributed by atoms with Crippen LogP contribution in [0.5, 0.6) is 23.0 Å². The Labute approximate surface area is 423 Å². The summed E-state index contributed by atoms with van der Waals surface area (Å²) in [5, 5.41) is 0. The van der Waals surface area contributed by atoms with Gasteiger partial charge in [-0.05, 0) is 178 Å². The van der Waals surface area contributed by atoms with Crippen molar-refractivity contribution in [3.63, 3.8) is 0 Å². The third kappa shape index (κ3) is 24.7. The average molecular weight is 1030 g/mol. The van der Waals surface area contributed by atoms with Crippen molar-refractivity contribution in [1.29, 1.82) is 0 Å². The van der Waals surface area contributed by atoms with Gasteiger partial charge in [-0.15, -0.1) is 0 Å².